The minimum Gasteiger partial charge on any atom is -0.378 e. The molecule has 0 aliphatic heterocycles. The summed E-state index contributed by atoms with van der Waals surface area (Å²) in [5.41, 5.74) is 1.66. The fraction of sp³-hybridized carbons (Fsp3) is 0.250. The Morgan fingerprint density at radius 2 is 2.06 bits per heavy atom. The zero-order valence-electron chi connectivity index (χ0n) is 9.84. The fourth-order valence-electron chi connectivity index (χ4n) is 1.47. The monoisotopic (exact) mass is 230 g/mol. The van der Waals surface area contributed by atoms with Gasteiger partial charge in [0, 0.05) is 18.3 Å². The van der Waals surface area contributed by atoms with Crippen LogP contribution in [0.3, 0.4) is 0 Å². The van der Waals surface area contributed by atoms with Gasteiger partial charge in [0.2, 0.25) is 0 Å². The molecule has 0 spiro atoms. The third kappa shape index (κ3) is 2.90. The Morgan fingerprint density at radius 1 is 1.35 bits per heavy atom. The number of Topliss-reactive ketones (excluding diaryl/α,β-unsaturated/α-hetero) is 1. The van der Waals surface area contributed by atoms with Crippen LogP contribution < -0.4 is 5.32 Å². The molecule has 88 valence electrons. The molecule has 1 aromatic carbocycles. The number of aromatic nitrogens is 3. The molecule has 0 aliphatic rings. The number of nitrogens with one attached hydrogen (secondary N) is 1. The highest BCUT2D eigenvalue weighted by molar-refractivity contribution is 5.94. The predicted octanol–water partition coefficient (Wildman–Crippen LogP) is 1.63. The van der Waals surface area contributed by atoms with Gasteiger partial charge in [0.1, 0.15) is 6.33 Å². The highest BCUT2D eigenvalue weighted by atomic mass is 16.1. The summed E-state index contributed by atoms with van der Waals surface area (Å²) in [6.45, 7) is 2.13. The van der Waals surface area contributed by atoms with E-state index < -0.39 is 0 Å². The first kappa shape index (κ1) is 11.3. The Hall–Kier alpha value is -2.17. The quantitative estimate of drug-likeness (QED) is 0.811. The van der Waals surface area contributed by atoms with Crippen LogP contribution >= 0.6 is 0 Å². The van der Waals surface area contributed by atoms with Crippen LogP contribution in [-0.2, 0) is 13.6 Å². The molecule has 2 rings (SSSR count). The zero-order chi connectivity index (χ0) is 12.3. The first-order valence-electron chi connectivity index (χ1n) is 5.34. The molecular weight excluding hydrogens is 216 g/mol. The fourth-order valence-corrected chi connectivity index (χ4v) is 1.47. The highest BCUT2D eigenvalue weighted by Crippen LogP contribution is 2.10. The van der Waals surface area contributed by atoms with Crippen molar-refractivity contribution in [3.05, 3.63) is 42.0 Å². The summed E-state index contributed by atoms with van der Waals surface area (Å²) in [7, 11) is 1.83. The van der Waals surface area contributed by atoms with Gasteiger partial charge in [-0.05, 0) is 31.2 Å². The van der Waals surface area contributed by atoms with Crippen molar-refractivity contribution in [2.75, 3.05) is 5.32 Å². The molecule has 0 radical (unpaired) electrons. The van der Waals surface area contributed by atoms with Crippen molar-refractivity contribution < 1.29 is 4.79 Å². The molecule has 0 saturated carbocycles. The Bertz CT molecular complexity index is 516. The van der Waals surface area contributed by atoms with Crippen LogP contribution in [0.25, 0.3) is 0 Å². The van der Waals surface area contributed by atoms with Crippen molar-refractivity contribution in [3.8, 4) is 0 Å². The molecular formula is C12H14N4O. The van der Waals surface area contributed by atoms with Crippen molar-refractivity contribution in [2.45, 2.75) is 13.5 Å². The number of hydrogen-bond donors (Lipinski definition) is 1. The Morgan fingerprint density at radius 3 is 2.59 bits per heavy atom. The molecule has 1 N–H and O–H groups in total. The first-order valence-corrected chi connectivity index (χ1v) is 5.34. The van der Waals surface area contributed by atoms with E-state index in [0.717, 1.165) is 11.5 Å². The van der Waals surface area contributed by atoms with Crippen LogP contribution in [0.5, 0.6) is 0 Å². The van der Waals surface area contributed by atoms with E-state index in [4.69, 9.17) is 0 Å². The highest BCUT2D eigenvalue weighted by Gasteiger charge is 2.00. The van der Waals surface area contributed by atoms with E-state index in [2.05, 4.69) is 15.4 Å². The van der Waals surface area contributed by atoms with Crippen LogP contribution in [0.4, 0.5) is 5.69 Å². The smallest absolute Gasteiger partial charge is 0.169 e. The predicted molar refractivity (Wildman–Crippen MR) is 64.8 cm³/mol. The lowest BCUT2D eigenvalue weighted by atomic mass is 10.1. The maximum Gasteiger partial charge on any atom is 0.169 e. The minimum atomic E-state index is 0.0722. The van der Waals surface area contributed by atoms with Crippen LogP contribution in [-0.4, -0.2) is 20.5 Å². The van der Waals surface area contributed by atoms with Crippen molar-refractivity contribution in [2.24, 2.45) is 7.05 Å². The van der Waals surface area contributed by atoms with Gasteiger partial charge in [0.15, 0.2) is 11.6 Å². The lowest BCUT2D eigenvalue weighted by molar-refractivity contribution is 0.101. The van der Waals surface area contributed by atoms with E-state index in [1.165, 1.54) is 0 Å². The summed E-state index contributed by atoms with van der Waals surface area (Å²) in [4.78, 5) is 15.2. The number of anilines is 1. The number of carbonyl (C=O) groups is 1. The second kappa shape index (κ2) is 4.78. The van der Waals surface area contributed by atoms with Gasteiger partial charge in [0.05, 0.1) is 6.54 Å². The van der Waals surface area contributed by atoms with Gasteiger partial charge < -0.3 is 5.32 Å². The van der Waals surface area contributed by atoms with Crippen LogP contribution in [0, 0.1) is 0 Å². The van der Waals surface area contributed by atoms with Crippen LogP contribution in [0.2, 0.25) is 0 Å². The number of ketones is 1. The topological polar surface area (TPSA) is 59.8 Å². The van der Waals surface area contributed by atoms with E-state index >= 15 is 0 Å². The zero-order valence-corrected chi connectivity index (χ0v) is 9.84. The van der Waals surface area contributed by atoms with E-state index in [0.29, 0.717) is 12.1 Å². The third-order valence-corrected chi connectivity index (χ3v) is 2.39. The lowest BCUT2D eigenvalue weighted by Crippen LogP contribution is -2.02. The van der Waals surface area contributed by atoms with E-state index in [-0.39, 0.29) is 5.78 Å². The number of benzene rings is 1. The second-order valence-corrected chi connectivity index (χ2v) is 3.82. The number of rotatable bonds is 4. The molecule has 0 bridgehead atoms. The molecule has 17 heavy (non-hydrogen) atoms. The third-order valence-electron chi connectivity index (χ3n) is 2.39. The molecule has 1 aromatic heterocycles. The molecule has 0 aliphatic carbocycles. The van der Waals surface area contributed by atoms with Gasteiger partial charge in [-0.25, -0.2) is 4.98 Å². The van der Waals surface area contributed by atoms with Gasteiger partial charge in [-0.2, -0.15) is 5.10 Å². The van der Waals surface area contributed by atoms with Gasteiger partial charge in [-0.15, -0.1) is 0 Å². The molecule has 0 amide bonds. The lowest BCUT2D eigenvalue weighted by Gasteiger charge is -2.04. The Labute approximate surface area is 99.5 Å². The van der Waals surface area contributed by atoms with Gasteiger partial charge >= 0.3 is 0 Å². The summed E-state index contributed by atoms with van der Waals surface area (Å²) < 4.78 is 1.66. The average Bonchev–Trinajstić information content (AvgIpc) is 2.73. The van der Waals surface area contributed by atoms with Crippen LogP contribution in [0.1, 0.15) is 23.1 Å². The van der Waals surface area contributed by atoms with Crippen LogP contribution in [0.15, 0.2) is 30.6 Å². The largest absolute Gasteiger partial charge is 0.378 e. The molecule has 0 saturated heterocycles. The van der Waals surface area contributed by atoms with E-state index in [1.807, 2.05) is 19.2 Å². The van der Waals surface area contributed by atoms with Crippen molar-refractivity contribution in [3.63, 3.8) is 0 Å². The van der Waals surface area contributed by atoms with Gasteiger partial charge in [0.25, 0.3) is 0 Å². The number of aryl methyl sites for hydroxylation is 1. The Kier molecular flexibility index (Phi) is 3.18. The summed E-state index contributed by atoms with van der Waals surface area (Å²) in [5, 5.41) is 7.35. The Balaban J connectivity index is 1.97. The van der Waals surface area contributed by atoms with E-state index in [9.17, 15) is 4.79 Å². The maximum absolute atomic E-state index is 11.1. The molecule has 0 atom stereocenters. The van der Waals surface area contributed by atoms with Gasteiger partial charge in [-0.3, -0.25) is 9.48 Å². The second-order valence-electron chi connectivity index (χ2n) is 3.82. The summed E-state index contributed by atoms with van der Waals surface area (Å²) >= 11 is 0. The minimum absolute atomic E-state index is 0.0722. The number of nitrogens with zero attached hydrogens (tertiary/aromatic N) is 3. The SMILES string of the molecule is CC(=O)c1ccc(NCc2ncn(C)n2)cc1. The molecule has 5 nitrogen and oxygen atoms in total. The molecule has 1 heterocycles. The molecule has 0 unspecified atom stereocenters. The standard InChI is InChI=1S/C12H14N4O/c1-9(17)10-3-5-11(6-4-10)13-7-12-14-8-16(2)15-12/h3-6,8,13H,7H2,1-2H3. The summed E-state index contributed by atoms with van der Waals surface area (Å²) in [6, 6.07) is 7.35. The van der Waals surface area contributed by atoms with E-state index in [1.54, 1.807) is 30.1 Å². The van der Waals surface area contributed by atoms with Crippen molar-refractivity contribution >= 4 is 11.5 Å². The average molecular weight is 230 g/mol. The maximum atomic E-state index is 11.1. The molecule has 0 fully saturated rings. The van der Waals surface area contributed by atoms with Gasteiger partial charge in [-0.1, -0.05) is 0 Å². The molecule has 5 heteroatoms. The first-order chi connectivity index (χ1) is 8.15. The van der Waals surface area contributed by atoms with Crippen molar-refractivity contribution in [1.29, 1.82) is 0 Å². The summed E-state index contributed by atoms with van der Waals surface area (Å²) in [6.07, 6.45) is 1.66. The number of hydrogen-bond acceptors (Lipinski definition) is 4. The number of carbonyl (C=O) groups excluding carboxylic acids is 1. The molecule has 2 aromatic rings. The van der Waals surface area contributed by atoms with Crippen molar-refractivity contribution in [1.82, 2.24) is 14.8 Å². The normalized spacial score (nSPS) is 10.2. The summed E-state index contributed by atoms with van der Waals surface area (Å²) in [5.74, 6) is 0.811.